The Kier molecular flexibility index (Phi) is 2.46. The van der Waals surface area contributed by atoms with Crippen LogP contribution in [-0.4, -0.2) is 17.3 Å². The third-order valence-electron chi connectivity index (χ3n) is 2.31. The number of hydrogen-bond donors (Lipinski definition) is 0. The smallest absolute Gasteiger partial charge is 0.418 e. The van der Waals surface area contributed by atoms with Crippen molar-refractivity contribution in [3.63, 3.8) is 0 Å². The highest BCUT2D eigenvalue weighted by Crippen LogP contribution is 2.17. The quantitative estimate of drug-likeness (QED) is 0.713. The fraction of sp³-hybridized carbons (Fsp3) is 0.250. The third-order valence-corrected chi connectivity index (χ3v) is 2.31. The third kappa shape index (κ3) is 1.73. The maximum Gasteiger partial charge on any atom is 0.418 e. The van der Waals surface area contributed by atoms with Gasteiger partial charge in [0.05, 0.1) is 12.1 Å². The molecule has 0 aliphatic carbocycles. The van der Waals surface area contributed by atoms with Crippen LogP contribution in [0.4, 0.5) is 4.79 Å². The molecule has 0 saturated carbocycles. The molecule has 1 aromatic heterocycles. The number of fused-ring (bicyclic) bond motifs is 1. The Bertz CT molecular complexity index is 499. The fourth-order valence-electron chi connectivity index (χ4n) is 1.61. The second-order valence-electron chi connectivity index (χ2n) is 3.45. The monoisotopic (exact) mass is 203 g/mol. The predicted octanol–water partition coefficient (Wildman–Crippen LogP) is 2.95. The molecule has 0 aliphatic heterocycles. The second kappa shape index (κ2) is 3.77. The molecule has 0 saturated heterocycles. The van der Waals surface area contributed by atoms with E-state index in [0.717, 1.165) is 10.9 Å². The zero-order valence-corrected chi connectivity index (χ0v) is 8.86. The van der Waals surface area contributed by atoms with Crippen molar-refractivity contribution in [1.82, 2.24) is 4.57 Å². The van der Waals surface area contributed by atoms with Crippen molar-refractivity contribution < 1.29 is 9.53 Å². The molecule has 3 heteroatoms. The van der Waals surface area contributed by atoms with Crippen molar-refractivity contribution in [2.45, 2.75) is 13.8 Å². The molecule has 2 rings (SSSR count). The molecule has 0 atom stereocenters. The Labute approximate surface area is 88.3 Å². The zero-order chi connectivity index (χ0) is 10.8. The molecule has 3 nitrogen and oxygen atoms in total. The lowest BCUT2D eigenvalue weighted by Crippen LogP contribution is -2.11. The summed E-state index contributed by atoms with van der Waals surface area (Å²) in [4.78, 5) is 11.5. The highest BCUT2D eigenvalue weighted by Gasteiger charge is 2.08. The van der Waals surface area contributed by atoms with E-state index >= 15 is 0 Å². The summed E-state index contributed by atoms with van der Waals surface area (Å²) in [5, 5.41) is 1.06. The number of carbonyl (C=O) groups excluding carboxylic acids is 1. The van der Waals surface area contributed by atoms with Crippen LogP contribution in [0.15, 0.2) is 30.5 Å². The minimum Gasteiger partial charge on any atom is -0.449 e. The number of aryl methyl sites for hydroxylation is 1. The van der Waals surface area contributed by atoms with Gasteiger partial charge in [-0.05, 0) is 32.0 Å². The first-order chi connectivity index (χ1) is 7.22. The summed E-state index contributed by atoms with van der Waals surface area (Å²) in [7, 11) is 0. The van der Waals surface area contributed by atoms with Gasteiger partial charge >= 0.3 is 6.09 Å². The molecular weight excluding hydrogens is 190 g/mol. The van der Waals surface area contributed by atoms with E-state index in [2.05, 4.69) is 0 Å². The molecule has 15 heavy (non-hydrogen) atoms. The van der Waals surface area contributed by atoms with Crippen LogP contribution in [0.5, 0.6) is 0 Å². The molecule has 0 bridgehead atoms. The lowest BCUT2D eigenvalue weighted by atomic mass is 10.2. The number of benzene rings is 1. The van der Waals surface area contributed by atoms with Crippen LogP contribution in [-0.2, 0) is 4.74 Å². The summed E-state index contributed by atoms with van der Waals surface area (Å²) >= 11 is 0. The van der Waals surface area contributed by atoms with Crippen LogP contribution in [0.25, 0.3) is 10.9 Å². The number of hydrogen-bond acceptors (Lipinski definition) is 2. The van der Waals surface area contributed by atoms with E-state index in [1.807, 2.05) is 31.2 Å². The summed E-state index contributed by atoms with van der Waals surface area (Å²) in [6.07, 6.45) is 1.42. The number of rotatable bonds is 1. The van der Waals surface area contributed by atoms with E-state index in [1.54, 1.807) is 13.1 Å². The SMILES string of the molecule is CCOC(=O)n1ccc2cc(C)ccc21. The van der Waals surface area contributed by atoms with Gasteiger partial charge in [-0.2, -0.15) is 0 Å². The van der Waals surface area contributed by atoms with Gasteiger partial charge in [0.15, 0.2) is 0 Å². The van der Waals surface area contributed by atoms with E-state index in [-0.39, 0.29) is 6.09 Å². The highest BCUT2D eigenvalue weighted by molar-refractivity contribution is 5.89. The van der Waals surface area contributed by atoms with E-state index in [4.69, 9.17) is 4.74 Å². The number of nitrogens with zero attached hydrogens (tertiary/aromatic N) is 1. The molecule has 0 N–H and O–H groups in total. The Balaban J connectivity index is 2.49. The van der Waals surface area contributed by atoms with Crippen LogP contribution in [0, 0.1) is 6.92 Å². The molecule has 1 aromatic carbocycles. The van der Waals surface area contributed by atoms with E-state index in [9.17, 15) is 4.79 Å². The van der Waals surface area contributed by atoms with Crippen LogP contribution < -0.4 is 0 Å². The van der Waals surface area contributed by atoms with Crippen molar-refractivity contribution in [2.75, 3.05) is 6.61 Å². The molecule has 1 heterocycles. The van der Waals surface area contributed by atoms with E-state index < -0.39 is 0 Å². The van der Waals surface area contributed by atoms with E-state index in [1.165, 1.54) is 10.1 Å². The van der Waals surface area contributed by atoms with Gasteiger partial charge in [-0.15, -0.1) is 0 Å². The predicted molar refractivity (Wildman–Crippen MR) is 59.1 cm³/mol. The maximum atomic E-state index is 11.5. The molecule has 0 aliphatic rings. The lowest BCUT2D eigenvalue weighted by Gasteiger charge is -2.03. The minimum atomic E-state index is -0.323. The normalized spacial score (nSPS) is 10.5. The first kappa shape index (κ1) is 9.77. The standard InChI is InChI=1S/C12H13NO2/c1-3-15-12(14)13-7-6-10-8-9(2)4-5-11(10)13/h4-8H,3H2,1-2H3. The van der Waals surface area contributed by atoms with Gasteiger partial charge in [0.1, 0.15) is 0 Å². The van der Waals surface area contributed by atoms with Crippen LogP contribution in [0.1, 0.15) is 12.5 Å². The molecule has 0 radical (unpaired) electrons. The number of aromatic nitrogens is 1. The van der Waals surface area contributed by atoms with Crippen molar-refractivity contribution >= 4 is 17.0 Å². The summed E-state index contributed by atoms with van der Waals surface area (Å²) in [5.41, 5.74) is 2.07. The average molecular weight is 203 g/mol. The molecule has 0 fully saturated rings. The number of carbonyl (C=O) groups is 1. The van der Waals surface area contributed by atoms with Crippen LogP contribution in [0.2, 0.25) is 0 Å². The lowest BCUT2D eigenvalue weighted by molar-refractivity contribution is 0.155. The topological polar surface area (TPSA) is 31.2 Å². The van der Waals surface area contributed by atoms with Crippen LogP contribution in [0.3, 0.4) is 0 Å². The summed E-state index contributed by atoms with van der Waals surface area (Å²) < 4.78 is 6.47. The highest BCUT2D eigenvalue weighted by atomic mass is 16.5. The molecule has 0 spiro atoms. The van der Waals surface area contributed by atoms with Crippen molar-refractivity contribution in [3.8, 4) is 0 Å². The van der Waals surface area contributed by atoms with Gasteiger partial charge in [-0.25, -0.2) is 4.79 Å². The van der Waals surface area contributed by atoms with Crippen LogP contribution >= 0.6 is 0 Å². The summed E-state index contributed by atoms with van der Waals surface area (Å²) in [6, 6.07) is 7.88. The molecule has 78 valence electrons. The zero-order valence-electron chi connectivity index (χ0n) is 8.86. The Hall–Kier alpha value is -1.77. The van der Waals surface area contributed by atoms with Gasteiger partial charge in [0.2, 0.25) is 0 Å². The van der Waals surface area contributed by atoms with Gasteiger partial charge in [0, 0.05) is 11.6 Å². The van der Waals surface area contributed by atoms with Gasteiger partial charge in [-0.3, -0.25) is 4.57 Å². The second-order valence-corrected chi connectivity index (χ2v) is 3.45. The van der Waals surface area contributed by atoms with Gasteiger partial charge < -0.3 is 4.74 Å². The van der Waals surface area contributed by atoms with Gasteiger partial charge in [0.25, 0.3) is 0 Å². The van der Waals surface area contributed by atoms with Gasteiger partial charge in [-0.1, -0.05) is 11.6 Å². The number of ether oxygens (including phenoxy) is 1. The average Bonchev–Trinajstić information content (AvgIpc) is 2.60. The van der Waals surface area contributed by atoms with Crippen molar-refractivity contribution in [2.24, 2.45) is 0 Å². The fourth-order valence-corrected chi connectivity index (χ4v) is 1.61. The molecule has 0 unspecified atom stereocenters. The first-order valence-electron chi connectivity index (χ1n) is 4.97. The first-order valence-corrected chi connectivity index (χ1v) is 4.97. The Morgan fingerprint density at radius 3 is 2.93 bits per heavy atom. The van der Waals surface area contributed by atoms with E-state index in [0.29, 0.717) is 6.61 Å². The van der Waals surface area contributed by atoms with Crippen molar-refractivity contribution in [1.29, 1.82) is 0 Å². The summed E-state index contributed by atoms with van der Waals surface area (Å²) in [6.45, 7) is 4.22. The minimum absolute atomic E-state index is 0.323. The maximum absolute atomic E-state index is 11.5. The summed E-state index contributed by atoms with van der Waals surface area (Å²) in [5.74, 6) is 0. The largest absolute Gasteiger partial charge is 0.449 e. The Morgan fingerprint density at radius 2 is 2.20 bits per heavy atom. The molecular formula is C12H13NO2. The molecule has 0 amide bonds. The Morgan fingerprint density at radius 1 is 1.40 bits per heavy atom. The van der Waals surface area contributed by atoms with Crippen molar-refractivity contribution in [3.05, 3.63) is 36.0 Å². The molecule has 2 aromatic rings.